The highest BCUT2D eigenvalue weighted by atomic mass is 32.2. The molecule has 1 N–H and O–H groups in total. The number of nitro benzene ring substituents is 1. The number of hydrogen-bond acceptors (Lipinski definition) is 5. The number of carbonyl (C=O) groups is 1. The Morgan fingerprint density at radius 1 is 1.45 bits per heavy atom. The molecule has 1 aromatic rings. The van der Waals surface area contributed by atoms with Gasteiger partial charge < -0.3 is 0 Å². The van der Waals surface area contributed by atoms with Gasteiger partial charge >= 0.3 is 0 Å². The Morgan fingerprint density at radius 3 is 2.55 bits per heavy atom. The molecule has 1 aliphatic carbocycles. The summed E-state index contributed by atoms with van der Waals surface area (Å²) in [6.45, 7) is 3.29. The van der Waals surface area contributed by atoms with Crippen LogP contribution in [0.2, 0.25) is 0 Å². The molecule has 7 nitrogen and oxygen atoms in total. The van der Waals surface area contributed by atoms with Gasteiger partial charge in [-0.1, -0.05) is 19.1 Å². The Morgan fingerprint density at radius 2 is 2.05 bits per heavy atom. The maximum Gasteiger partial charge on any atom is 0.290 e. The van der Waals surface area contributed by atoms with Crippen molar-refractivity contribution in [2.24, 2.45) is 11.8 Å². The quantitative estimate of drug-likeness (QED) is 0.667. The van der Waals surface area contributed by atoms with Gasteiger partial charge in [0.1, 0.15) is 0 Å². The monoisotopic (exact) mass is 298 g/mol. The minimum atomic E-state index is -4.24. The molecule has 108 valence electrons. The van der Waals surface area contributed by atoms with Gasteiger partial charge in [-0.15, -0.1) is 0 Å². The van der Waals surface area contributed by atoms with Crippen LogP contribution >= 0.6 is 0 Å². The van der Waals surface area contributed by atoms with E-state index in [1.807, 2.05) is 11.6 Å². The van der Waals surface area contributed by atoms with Crippen LogP contribution in [0.1, 0.15) is 18.9 Å². The number of aryl methyl sites for hydroxylation is 1. The second-order valence-corrected chi connectivity index (χ2v) is 6.59. The predicted octanol–water partition coefficient (Wildman–Crippen LogP) is 1.36. The fourth-order valence-electron chi connectivity index (χ4n) is 2.08. The lowest BCUT2D eigenvalue weighted by Gasteiger charge is -2.09. The largest absolute Gasteiger partial charge is 0.290 e. The highest BCUT2D eigenvalue weighted by Crippen LogP contribution is 2.38. The van der Waals surface area contributed by atoms with E-state index < -0.39 is 31.4 Å². The van der Waals surface area contributed by atoms with E-state index in [1.54, 1.807) is 0 Å². The summed E-state index contributed by atoms with van der Waals surface area (Å²) in [7, 11) is -4.24. The molecule has 0 aliphatic heterocycles. The zero-order chi connectivity index (χ0) is 15.1. The van der Waals surface area contributed by atoms with E-state index in [9.17, 15) is 23.3 Å². The Kier molecular flexibility index (Phi) is 3.51. The van der Waals surface area contributed by atoms with E-state index in [-0.39, 0.29) is 17.4 Å². The number of nitro groups is 1. The first kappa shape index (κ1) is 14.4. The van der Waals surface area contributed by atoms with Gasteiger partial charge in [-0.3, -0.25) is 14.9 Å². The summed E-state index contributed by atoms with van der Waals surface area (Å²) in [6.07, 6.45) is 0.636. The van der Waals surface area contributed by atoms with E-state index in [4.69, 9.17) is 0 Å². The topological polar surface area (TPSA) is 106 Å². The van der Waals surface area contributed by atoms with Crippen molar-refractivity contribution >= 4 is 21.6 Å². The average molecular weight is 298 g/mol. The van der Waals surface area contributed by atoms with Crippen LogP contribution in [0.25, 0.3) is 0 Å². The lowest BCUT2D eigenvalue weighted by molar-refractivity contribution is -0.387. The second kappa shape index (κ2) is 4.86. The van der Waals surface area contributed by atoms with Crippen LogP contribution in [0, 0.1) is 28.9 Å². The molecule has 0 bridgehead atoms. The molecule has 8 heteroatoms. The summed E-state index contributed by atoms with van der Waals surface area (Å²) in [5.74, 6) is -0.778. The minimum absolute atomic E-state index is 0.150. The average Bonchev–Trinajstić information content (AvgIpc) is 3.05. The summed E-state index contributed by atoms with van der Waals surface area (Å²) in [4.78, 5) is 21.4. The van der Waals surface area contributed by atoms with Crippen LogP contribution in [0.4, 0.5) is 5.69 Å². The molecule has 0 radical (unpaired) electrons. The van der Waals surface area contributed by atoms with E-state index in [0.717, 1.165) is 6.07 Å². The maximum absolute atomic E-state index is 12.2. The summed E-state index contributed by atoms with van der Waals surface area (Å²) in [6, 6.07) is 3.95. The van der Waals surface area contributed by atoms with Gasteiger partial charge in [-0.25, -0.2) is 13.1 Å². The highest BCUT2D eigenvalue weighted by Gasteiger charge is 2.41. The maximum atomic E-state index is 12.2. The Balaban J connectivity index is 2.39. The van der Waals surface area contributed by atoms with E-state index in [2.05, 4.69) is 0 Å². The number of amides is 1. The summed E-state index contributed by atoms with van der Waals surface area (Å²) < 4.78 is 26.3. The van der Waals surface area contributed by atoms with Crippen LogP contribution < -0.4 is 4.72 Å². The van der Waals surface area contributed by atoms with Crippen molar-refractivity contribution in [2.45, 2.75) is 25.2 Å². The van der Waals surface area contributed by atoms with Crippen molar-refractivity contribution in [1.29, 1.82) is 0 Å². The number of hydrogen-bond donors (Lipinski definition) is 1. The molecule has 1 fully saturated rings. The van der Waals surface area contributed by atoms with Crippen molar-refractivity contribution < 1.29 is 18.1 Å². The molecule has 1 amide bonds. The van der Waals surface area contributed by atoms with Crippen LogP contribution in [-0.2, 0) is 14.8 Å². The smallest absolute Gasteiger partial charge is 0.274 e. The molecule has 0 aromatic heterocycles. The number of nitrogens with one attached hydrogen (secondary N) is 1. The number of rotatable bonds is 4. The molecule has 2 rings (SSSR count). The fraction of sp³-hybridized carbons (Fsp3) is 0.417. The standard InChI is InChI=1S/C12H14N2O5S/c1-7-4-3-5-10(14(16)17)11(7)20(18,19)13-12(15)9-6-8(9)2/h3-5,8-9H,6H2,1-2H3,(H,13,15). The second-order valence-electron chi connectivity index (χ2n) is 4.97. The molecule has 1 aliphatic rings. The van der Waals surface area contributed by atoms with Crippen LogP contribution in [0.3, 0.4) is 0 Å². The number of carbonyl (C=O) groups excluding carboxylic acids is 1. The Bertz CT molecular complexity index is 683. The molecule has 0 heterocycles. The van der Waals surface area contributed by atoms with Crippen molar-refractivity contribution in [3.8, 4) is 0 Å². The Hall–Kier alpha value is -1.96. The number of sulfonamides is 1. The lowest BCUT2D eigenvalue weighted by Crippen LogP contribution is -2.33. The van der Waals surface area contributed by atoms with Crippen LogP contribution in [0.15, 0.2) is 23.1 Å². The SMILES string of the molecule is Cc1cccc([N+](=O)[O-])c1S(=O)(=O)NC(=O)C1CC1C. The van der Waals surface area contributed by atoms with Gasteiger partial charge in [0.05, 0.1) is 4.92 Å². The molecular weight excluding hydrogens is 284 g/mol. The van der Waals surface area contributed by atoms with Crippen LogP contribution in [0.5, 0.6) is 0 Å². The summed E-state index contributed by atoms with van der Waals surface area (Å²) >= 11 is 0. The molecule has 1 saturated carbocycles. The third-order valence-corrected chi connectivity index (χ3v) is 4.88. The molecule has 0 saturated heterocycles. The van der Waals surface area contributed by atoms with Gasteiger partial charge in [-0.05, 0) is 24.8 Å². The fourth-order valence-corrected chi connectivity index (χ4v) is 3.51. The molecule has 1 aromatic carbocycles. The van der Waals surface area contributed by atoms with Gasteiger partial charge in [0.25, 0.3) is 15.7 Å². The van der Waals surface area contributed by atoms with E-state index in [0.29, 0.717) is 6.42 Å². The zero-order valence-corrected chi connectivity index (χ0v) is 11.8. The van der Waals surface area contributed by atoms with Crippen LogP contribution in [-0.4, -0.2) is 19.2 Å². The predicted molar refractivity (Wildman–Crippen MR) is 70.4 cm³/mol. The van der Waals surface area contributed by atoms with Crippen molar-refractivity contribution in [1.82, 2.24) is 4.72 Å². The minimum Gasteiger partial charge on any atom is -0.274 e. The molecule has 20 heavy (non-hydrogen) atoms. The normalized spacial score (nSPS) is 21.3. The number of benzene rings is 1. The molecule has 2 unspecified atom stereocenters. The van der Waals surface area contributed by atoms with Gasteiger partial charge in [-0.2, -0.15) is 0 Å². The Labute approximate surface area is 116 Å². The lowest BCUT2D eigenvalue weighted by atomic mass is 10.2. The molecule has 2 atom stereocenters. The van der Waals surface area contributed by atoms with Gasteiger partial charge in [0.2, 0.25) is 5.91 Å². The number of nitrogens with zero attached hydrogens (tertiary/aromatic N) is 1. The van der Waals surface area contributed by atoms with Gasteiger partial charge in [0, 0.05) is 12.0 Å². The first-order valence-corrected chi connectivity index (χ1v) is 7.53. The molecular formula is C12H14N2O5S. The van der Waals surface area contributed by atoms with Crippen molar-refractivity contribution in [3.05, 3.63) is 33.9 Å². The summed E-state index contributed by atoms with van der Waals surface area (Å²) in [5, 5.41) is 10.9. The molecule has 0 spiro atoms. The third-order valence-electron chi connectivity index (χ3n) is 3.34. The highest BCUT2D eigenvalue weighted by molar-refractivity contribution is 7.90. The summed E-state index contributed by atoms with van der Waals surface area (Å²) in [5.41, 5.74) is -0.308. The van der Waals surface area contributed by atoms with Crippen molar-refractivity contribution in [3.63, 3.8) is 0 Å². The van der Waals surface area contributed by atoms with E-state index in [1.165, 1.54) is 19.1 Å². The van der Waals surface area contributed by atoms with Gasteiger partial charge in [0.15, 0.2) is 4.90 Å². The first-order chi connectivity index (χ1) is 9.24. The first-order valence-electron chi connectivity index (χ1n) is 6.04. The third kappa shape index (κ3) is 2.64. The van der Waals surface area contributed by atoms with Crippen molar-refractivity contribution in [2.75, 3.05) is 0 Å². The van der Waals surface area contributed by atoms with E-state index >= 15 is 0 Å². The zero-order valence-electron chi connectivity index (χ0n) is 11.0.